The minimum Gasteiger partial charge on any atom is -0.495 e. The second kappa shape index (κ2) is 4.62. The van der Waals surface area contributed by atoms with E-state index >= 15 is 0 Å². The third-order valence-corrected chi connectivity index (χ3v) is 3.74. The highest BCUT2D eigenvalue weighted by Gasteiger charge is 2.31. The number of ether oxygens (including phenoxy) is 1. The minimum atomic E-state index is -0.0228. The van der Waals surface area contributed by atoms with Crippen molar-refractivity contribution >= 4 is 11.3 Å². The van der Waals surface area contributed by atoms with Gasteiger partial charge in [-0.25, -0.2) is 0 Å². The molecule has 1 aromatic rings. The molecule has 0 unspecified atom stereocenters. The highest BCUT2D eigenvalue weighted by molar-refractivity contribution is 5.83. The zero-order valence-corrected chi connectivity index (χ0v) is 12.2. The molecule has 0 aromatic heterocycles. The van der Waals surface area contributed by atoms with Crippen molar-refractivity contribution in [2.45, 2.75) is 33.2 Å². The van der Waals surface area contributed by atoms with Crippen LogP contribution in [0, 0.1) is 11.3 Å². The van der Waals surface area contributed by atoms with Crippen LogP contribution in [0.2, 0.25) is 0 Å². The zero-order chi connectivity index (χ0) is 14.2. The smallest absolute Gasteiger partial charge is 0.138 e. The molecule has 3 nitrogen and oxygen atoms in total. The lowest BCUT2D eigenvalue weighted by Crippen LogP contribution is -2.44. The average molecular weight is 256 g/mol. The lowest BCUT2D eigenvalue weighted by atomic mass is 9.88. The first-order valence-electron chi connectivity index (χ1n) is 6.54. The maximum atomic E-state index is 9.20. The number of benzene rings is 1. The van der Waals surface area contributed by atoms with Gasteiger partial charge in [0.25, 0.3) is 0 Å². The van der Waals surface area contributed by atoms with Gasteiger partial charge in [-0.15, -0.1) is 0 Å². The third-order valence-electron chi connectivity index (χ3n) is 3.74. The van der Waals surface area contributed by atoms with Gasteiger partial charge in [-0.3, -0.25) is 0 Å². The summed E-state index contributed by atoms with van der Waals surface area (Å²) in [6.45, 7) is 9.56. The predicted octanol–water partition coefficient (Wildman–Crippen LogP) is 3.59. The molecule has 0 bridgehead atoms. The zero-order valence-electron chi connectivity index (χ0n) is 12.2. The molecule has 1 heterocycles. The first-order valence-corrected chi connectivity index (χ1v) is 6.54. The summed E-state index contributed by atoms with van der Waals surface area (Å²) < 4.78 is 5.33. The fourth-order valence-corrected chi connectivity index (χ4v) is 2.94. The van der Waals surface area contributed by atoms with E-state index in [1.54, 1.807) is 7.11 Å². The van der Waals surface area contributed by atoms with Crippen molar-refractivity contribution in [2.24, 2.45) is 0 Å². The quantitative estimate of drug-likeness (QED) is 0.811. The summed E-state index contributed by atoms with van der Waals surface area (Å²) in [6, 6.07) is 6.11. The van der Waals surface area contributed by atoms with Crippen LogP contribution >= 0.6 is 0 Å². The van der Waals surface area contributed by atoms with Gasteiger partial charge in [0.2, 0.25) is 0 Å². The Hall–Kier alpha value is -1.95. The number of allylic oxidation sites excluding steroid dienone is 1. The van der Waals surface area contributed by atoms with Crippen molar-refractivity contribution in [1.82, 2.24) is 0 Å². The van der Waals surface area contributed by atoms with Crippen LogP contribution in [0.25, 0.3) is 5.57 Å². The molecule has 1 aliphatic heterocycles. The monoisotopic (exact) mass is 256 g/mol. The van der Waals surface area contributed by atoms with Crippen LogP contribution in [0.3, 0.4) is 0 Å². The molecule has 0 atom stereocenters. The maximum absolute atomic E-state index is 9.20. The van der Waals surface area contributed by atoms with E-state index in [9.17, 15) is 5.26 Å². The van der Waals surface area contributed by atoms with Gasteiger partial charge in [-0.1, -0.05) is 6.08 Å². The van der Waals surface area contributed by atoms with Crippen molar-refractivity contribution in [1.29, 1.82) is 5.26 Å². The van der Waals surface area contributed by atoms with Crippen LogP contribution in [-0.4, -0.2) is 19.2 Å². The first kappa shape index (κ1) is 13.5. The molecule has 0 radical (unpaired) electrons. The van der Waals surface area contributed by atoms with Gasteiger partial charge in [0.15, 0.2) is 0 Å². The number of fused-ring (bicyclic) bond motifs is 1. The Kier molecular flexibility index (Phi) is 3.28. The van der Waals surface area contributed by atoms with Crippen LogP contribution in [0.5, 0.6) is 5.75 Å². The van der Waals surface area contributed by atoms with E-state index in [-0.39, 0.29) is 5.54 Å². The van der Waals surface area contributed by atoms with E-state index in [2.05, 4.69) is 44.7 Å². The highest BCUT2D eigenvalue weighted by atomic mass is 16.5. The van der Waals surface area contributed by atoms with Gasteiger partial charge in [0, 0.05) is 23.9 Å². The molecule has 19 heavy (non-hydrogen) atoms. The van der Waals surface area contributed by atoms with Gasteiger partial charge in [-0.05, 0) is 39.3 Å². The molecule has 0 amide bonds. The summed E-state index contributed by atoms with van der Waals surface area (Å²) >= 11 is 0. The Bertz CT molecular complexity index is 579. The van der Waals surface area contributed by atoms with Crippen molar-refractivity contribution < 1.29 is 4.74 Å². The average Bonchev–Trinajstić information content (AvgIpc) is 2.36. The summed E-state index contributed by atoms with van der Waals surface area (Å²) in [6.07, 6.45) is 2.26. The SMILES string of the molecule is CCN1c2cc(OC)c(C#N)cc2C(C)=CC1(C)C. The maximum Gasteiger partial charge on any atom is 0.138 e. The Balaban J connectivity index is 2.71. The number of nitriles is 1. The lowest BCUT2D eigenvalue weighted by molar-refractivity contribution is 0.413. The second-order valence-corrected chi connectivity index (χ2v) is 5.41. The van der Waals surface area contributed by atoms with E-state index in [0.717, 1.165) is 17.8 Å². The van der Waals surface area contributed by atoms with Crippen molar-refractivity contribution in [3.05, 3.63) is 29.3 Å². The van der Waals surface area contributed by atoms with Gasteiger partial charge < -0.3 is 9.64 Å². The molecular weight excluding hydrogens is 236 g/mol. The van der Waals surface area contributed by atoms with Crippen LogP contribution < -0.4 is 9.64 Å². The molecule has 0 fully saturated rings. The molecule has 3 heteroatoms. The molecular formula is C16H20N2O. The summed E-state index contributed by atoms with van der Waals surface area (Å²) in [5.41, 5.74) is 4.04. The Labute approximate surface area is 115 Å². The first-order chi connectivity index (χ1) is 8.94. The number of anilines is 1. The minimum absolute atomic E-state index is 0.0228. The molecule has 2 rings (SSSR count). The molecule has 0 spiro atoms. The summed E-state index contributed by atoms with van der Waals surface area (Å²) in [7, 11) is 1.61. The van der Waals surface area contributed by atoms with Gasteiger partial charge >= 0.3 is 0 Å². The number of hydrogen-bond acceptors (Lipinski definition) is 3. The Morgan fingerprint density at radius 3 is 2.58 bits per heavy atom. The molecule has 100 valence electrons. The van der Waals surface area contributed by atoms with Crippen LogP contribution in [0.1, 0.15) is 38.8 Å². The third kappa shape index (κ3) is 2.08. The summed E-state index contributed by atoms with van der Waals surface area (Å²) in [5, 5.41) is 9.20. The standard InChI is InChI=1S/C16H20N2O/c1-6-18-14-8-15(19-5)12(10-17)7-13(14)11(2)9-16(18,3)4/h7-9H,6H2,1-5H3. The Morgan fingerprint density at radius 2 is 2.05 bits per heavy atom. The van der Waals surface area contributed by atoms with Crippen molar-refractivity contribution in [3.8, 4) is 11.8 Å². The number of methoxy groups -OCH3 is 1. The van der Waals surface area contributed by atoms with E-state index < -0.39 is 0 Å². The van der Waals surface area contributed by atoms with Crippen LogP contribution in [0.4, 0.5) is 5.69 Å². The normalized spacial score (nSPS) is 16.4. The van der Waals surface area contributed by atoms with E-state index in [0.29, 0.717) is 11.3 Å². The Morgan fingerprint density at radius 1 is 1.37 bits per heavy atom. The molecule has 1 aromatic carbocycles. The largest absolute Gasteiger partial charge is 0.495 e. The number of hydrogen-bond donors (Lipinski definition) is 0. The number of likely N-dealkylation sites (N-methyl/N-ethyl adjacent to an activating group) is 1. The van der Waals surface area contributed by atoms with Crippen molar-refractivity contribution in [2.75, 3.05) is 18.6 Å². The molecule has 0 aliphatic carbocycles. The van der Waals surface area contributed by atoms with E-state index in [1.165, 1.54) is 5.57 Å². The predicted molar refractivity (Wildman–Crippen MR) is 78.5 cm³/mol. The lowest BCUT2D eigenvalue weighted by Gasteiger charge is -2.43. The molecule has 0 N–H and O–H groups in total. The molecule has 0 saturated heterocycles. The summed E-state index contributed by atoms with van der Waals surface area (Å²) in [5.74, 6) is 0.644. The van der Waals surface area contributed by atoms with Crippen LogP contribution in [0.15, 0.2) is 18.2 Å². The van der Waals surface area contributed by atoms with Gasteiger partial charge in [0.1, 0.15) is 11.8 Å². The molecule has 1 aliphatic rings. The van der Waals surface area contributed by atoms with E-state index in [4.69, 9.17) is 4.74 Å². The number of rotatable bonds is 2. The van der Waals surface area contributed by atoms with Gasteiger partial charge in [-0.2, -0.15) is 5.26 Å². The molecule has 0 saturated carbocycles. The van der Waals surface area contributed by atoms with E-state index in [1.807, 2.05) is 12.1 Å². The fraction of sp³-hybridized carbons (Fsp3) is 0.438. The number of nitrogens with zero attached hydrogens (tertiary/aromatic N) is 2. The van der Waals surface area contributed by atoms with Gasteiger partial charge in [0.05, 0.1) is 18.2 Å². The fourth-order valence-electron chi connectivity index (χ4n) is 2.94. The van der Waals surface area contributed by atoms with Crippen molar-refractivity contribution in [3.63, 3.8) is 0 Å². The topological polar surface area (TPSA) is 36.3 Å². The highest BCUT2D eigenvalue weighted by Crippen LogP contribution is 2.41. The second-order valence-electron chi connectivity index (χ2n) is 5.41. The summed E-state index contributed by atoms with van der Waals surface area (Å²) in [4.78, 5) is 2.33. The van der Waals surface area contributed by atoms with Crippen LogP contribution in [-0.2, 0) is 0 Å².